The van der Waals surface area contributed by atoms with Gasteiger partial charge in [0.1, 0.15) is 0 Å². The van der Waals surface area contributed by atoms with Gasteiger partial charge in [0.05, 0.1) is 0 Å². The maximum Gasteiger partial charge on any atom is 0.303 e. The number of carbonyl (C=O) groups is 1. The number of carboxylic acid groups (broad SMARTS) is 1. The van der Waals surface area contributed by atoms with Crippen LogP contribution in [0.1, 0.15) is 43.4 Å². The van der Waals surface area contributed by atoms with Crippen molar-refractivity contribution in [2.45, 2.75) is 46.0 Å². The molecule has 0 aromatic heterocycles. The first-order valence-corrected chi connectivity index (χ1v) is 6.83. The zero-order chi connectivity index (χ0) is 14.5. The maximum absolute atomic E-state index is 10.4. The van der Waals surface area contributed by atoms with Crippen molar-refractivity contribution in [3.63, 3.8) is 0 Å². The van der Waals surface area contributed by atoms with Gasteiger partial charge in [-0.15, -0.1) is 0 Å². The molecule has 0 radical (unpaired) electrons. The lowest BCUT2D eigenvalue weighted by molar-refractivity contribution is -0.137. The van der Waals surface area contributed by atoms with Gasteiger partial charge in [-0.25, -0.2) is 0 Å². The van der Waals surface area contributed by atoms with Gasteiger partial charge in [0.2, 0.25) is 0 Å². The molecule has 0 fully saturated rings. The molecule has 0 bridgehead atoms. The minimum atomic E-state index is -0.727. The van der Waals surface area contributed by atoms with Gasteiger partial charge in [-0.3, -0.25) is 4.79 Å². The Balaban J connectivity index is 2.50. The Labute approximate surface area is 116 Å². The first-order chi connectivity index (χ1) is 8.83. The van der Waals surface area contributed by atoms with Crippen LogP contribution in [0, 0.1) is 13.8 Å². The number of hydrogen-bond donors (Lipinski definition) is 2. The Kier molecular flexibility index (Phi) is 5.55. The topological polar surface area (TPSA) is 49.3 Å². The predicted octanol–water partition coefficient (Wildman–Crippen LogP) is 3.04. The molecule has 3 heteroatoms. The van der Waals surface area contributed by atoms with E-state index in [1.807, 2.05) is 0 Å². The van der Waals surface area contributed by atoms with Gasteiger partial charge in [0.25, 0.3) is 0 Å². The van der Waals surface area contributed by atoms with Crippen molar-refractivity contribution in [3.8, 4) is 0 Å². The summed E-state index contributed by atoms with van der Waals surface area (Å²) in [5, 5.41) is 11.9. The number of benzene rings is 1. The van der Waals surface area contributed by atoms with Crippen LogP contribution in [-0.4, -0.2) is 24.2 Å². The fourth-order valence-electron chi connectivity index (χ4n) is 2.03. The van der Waals surface area contributed by atoms with E-state index in [9.17, 15) is 4.79 Å². The fourth-order valence-corrected chi connectivity index (χ4v) is 2.03. The van der Waals surface area contributed by atoms with Crippen molar-refractivity contribution in [2.24, 2.45) is 0 Å². The number of carboxylic acids is 1. The number of aryl methyl sites for hydroxylation is 2. The molecule has 0 aliphatic heterocycles. The smallest absolute Gasteiger partial charge is 0.303 e. The molecule has 0 heterocycles. The van der Waals surface area contributed by atoms with Crippen molar-refractivity contribution in [1.82, 2.24) is 5.32 Å². The molecule has 1 aromatic rings. The van der Waals surface area contributed by atoms with E-state index in [0.717, 1.165) is 13.1 Å². The van der Waals surface area contributed by atoms with Crippen molar-refractivity contribution >= 4 is 5.97 Å². The van der Waals surface area contributed by atoms with Crippen molar-refractivity contribution < 1.29 is 9.90 Å². The quantitative estimate of drug-likeness (QED) is 0.743. The molecular weight excluding hydrogens is 238 g/mol. The highest BCUT2D eigenvalue weighted by atomic mass is 16.4. The highest BCUT2D eigenvalue weighted by Gasteiger charge is 2.20. The minimum Gasteiger partial charge on any atom is -0.481 e. The molecule has 0 aliphatic rings. The van der Waals surface area contributed by atoms with Crippen LogP contribution in [-0.2, 0) is 10.2 Å². The molecule has 0 aliphatic carbocycles. The van der Waals surface area contributed by atoms with Crippen molar-refractivity contribution in [3.05, 3.63) is 34.9 Å². The summed E-state index contributed by atoms with van der Waals surface area (Å²) < 4.78 is 0. The Morgan fingerprint density at radius 2 is 1.95 bits per heavy atom. The Morgan fingerprint density at radius 1 is 1.26 bits per heavy atom. The zero-order valence-corrected chi connectivity index (χ0v) is 12.4. The normalized spacial score (nSPS) is 11.6. The predicted molar refractivity (Wildman–Crippen MR) is 78.7 cm³/mol. The third-order valence-electron chi connectivity index (χ3n) is 3.60. The summed E-state index contributed by atoms with van der Waals surface area (Å²) in [6, 6.07) is 6.59. The average molecular weight is 263 g/mol. The molecule has 19 heavy (non-hydrogen) atoms. The lowest BCUT2D eigenvalue weighted by Gasteiger charge is -2.26. The van der Waals surface area contributed by atoms with Gasteiger partial charge in [-0.2, -0.15) is 0 Å². The van der Waals surface area contributed by atoms with Gasteiger partial charge < -0.3 is 10.4 Å². The van der Waals surface area contributed by atoms with E-state index in [-0.39, 0.29) is 11.8 Å². The molecule has 0 saturated heterocycles. The van der Waals surface area contributed by atoms with Gasteiger partial charge in [0.15, 0.2) is 0 Å². The van der Waals surface area contributed by atoms with Crippen molar-refractivity contribution in [2.75, 3.05) is 13.1 Å². The number of hydrogen-bond acceptors (Lipinski definition) is 2. The first kappa shape index (κ1) is 15.7. The number of nitrogens with one attached hydrogen (secondary N) is 1. The van der Waals surface area contributed by atoms with Gasteiger partial charge in [-0.05, 0) is 43.5 Å². The van der Waals surface area contributed by atoms with E-state index in [1.54, 1.807) is 0 Å². The molecule has 0 amide bonds. The van der Waals surface area contributed by atoms with Gasteiger partial charge >= 0.3 is 5.97 Å². The highest BCUT2D eigenvalue weighted by molar-refractivity contribution is 5.66. The van der Waals surface area contributed by atoms with E-state index < -0.39 is 5.97 Å². The van der Waals surface area contributed by atoms with Crippen LogP contribution in [0.5, 0.6) is 0 Å². The van der Waals surface area contributed by atoms with Crippen molar-refractivity contribution in [1.29, 1.82) is 0 Å². The van der Waals surface area contributed by atoms with E-state index >= 15 is 0 Å². The second kappa shape index (κ2) is 6.71. The monoisotopic (exact) mass is 263 g/mol. The molecule has 1 rings (SSSR count). The third kappa shape index (κ3) is 5.03. The van der Waals surface area contributed by atoms with Gasteiger partial charge in [-0.1, -0.05) is 32.0 Å². The molecular formula is C16H25NO2. The maximum atomic E-state index is 10.4. The van der Waals surface area contributed by atoms with Crippen LogP contribution >= 0.6 is 0 Å². The summed E-state index contributed by atoms with van der Waals surface area (Å²) >= 11 is 0. The second-order valence-corrected chi connectivity index (χ2v) is 5.86. The number of rotatable bonds is 7. The number of aliphatic carboxylic acids is 1. The molecule has 0 unspecified atom stereocenters. The summed E-state index contributed by atoms with van der Waals surface area (Å²) in [6.07, 6.45) is 0.912. The second-order valence-electron chi connectivity index (χ2n) is 5.86. The molecule has 0 atom stereocenters. The average Bonchev–Trinajstić information content (AvgIpc) is 2.31. The molecule has 106 valence electrons. The van der Waals surface area contributed by atoms with Crippen LogP contribution in [0.2, 0.25) is 0 Å². The highest BCUT2D eigenvalue weighted by Crippen LogP contribution is 2.24. The lowest BCUT2D eigenvalue weighted by atomic mass is 9.83. The molecule has 0 saturated carbocycles. The molecule has 1 aromatic carbocycles. The lowest BCUT2D eigenvalue weighted by Crippen LogP contribution is -2.33. The van der Waals surface area contributed by atoms with E-state index in [2.05, 4.69) is 51.2 Å². The Morgan fingerprint density at radius 3 is 2.53 bits per heavy atom. The fraction of sp³-hybridized carbons (Fsp3) is 0.562. The third-order valence-corrected chi connectivity index (χ3v) is 3.60. The Bertz CT molecular complexity index is 438. The summed E-state index contributed by atoms with van der Waals surface area (Å²) in [7, 11) is 0. The van der Waals surface area contributed by atoms with Crippen LogP contribution in [0.15, 0.2) is 18.2 Å². The van der Waals surface area contributed by atoms with E-state index in [1.165, 1.54) is 16.7 Å². The molecule has 3 nitrogen and oxygen atoms in total. The minimum absolute atomic E-state index is 0.0572. The van der Waals surface area contributed by atoms with Gasteiger partial charge in [0, 0.05) is 18.4 Å². The SMILES string of the molecule is Cc1ccc(C(C)(C)CNCCCC(=O)O)cc1C. The van der Waals surface area contributed by atoms with Crippen LogP contribution in [0.3, 0.4) is 0 Å². The summed E-state index contributed by atoms with van der Waals surface area (Å²) in [5.41, 5.74) is 4.01. The van der Waals surface area contributed by atoms with Crippen LogP contribution < -0.4 is 5.32 Å². The van der Waals surface area contributed by atoms with Crippen LogP contribution in [0.25, 0.3) is 0 Å². The molecule has 0 spiro atoms. The summed E-state index contributed by atoms with van der Waals surface area (Å²) in [4.78, 5) is 10.4. The molecule has 2 N–H and O–H groups in total. The standard InChI is InChI=1S/C16H25NO2/c1-12-7-8-14(10-13(12)2)16(3,4)11-17-9-5-6-15(18)19/h7-8,10,17H,5-6,9,11H2,1-4H3,(H,18,19). The summed E-state index contributed by atoms with van der Waals surface area (Å²) in [5.74, 6) is -0.727. The Hall–Kier alpha value is -1.35. The first-order valence-electron chi connectivity index (χ1n) is 6.83. The van der Waals surface area contributed by atoms with E-state index in [0.29, 0.717) is 6.42 Å². The zero-order valence-electron chi connectivity index (χ0n) is 12.4. The van der Waals surface area contributed by atoms with E-state index in [4.69, 9.17) is 5.11 Å². The van der Waals surface area contributed by atoms with Crippen LogP contribution in [0.4, 0.5) is 0 Å². The summed E-state index contributed by atoms with van der Waals surface area (Å²) in [6.45, 7) is 10.3. The largest absolute Gasteiger partial charge is 0.481 e.